The summed E-state index contributed by atoms with van der Waals surface area (Å²) in [5.74, 6) is 0. The lowest BCUT2D eigenvalue weighted by atomic mass is 10.1. The number of anilines is 1. The van der Waals surface area contributed by atoms with E-state index in [9.17, 15) is 0 Å². The smallest absolute Gasteiger partial charge is 0.0426 e. The summed E-state index contributed by atoms with van der Waals surface area (Å²) in [5, 5.41) is 4.14. The highest BCUT2D eigenvalue weighted by atomic mass is 35.5. The van der Waals surface area contributed by atoms with Crippen LogP contribution < -0.4 is 10.2 Å². The van der Waals surface area contributed by atoms with Gasteiger partial charge in [-0.1, -0.05) is 42.8 Å². The fourth-order valence-electron chi connectivity index (χ4n) is 2.47. The first-order chi connectivity index (χ1) is 10.1. The molecule has 3 heteroatoms. The first-order valence-corrected chi connectivity index (χ1v) is 7.73. The summed E-state index contributed by atoms with van der Waals surface area (Å²) in [6, 6.07) is 14.7. The number of aryl methyl sites for hydroxylation is 1. The van der Waals surface area contributed by atoms with Crippen LogP contribution in [0.1, 0.15) is 23.6 Å². The van der Waals surface area contributed by atoms with Crippen LogP contribution >= 0.6 is 11.6 Å². The third-order valence-electron chi connectivity index (χ3n) is 3.58. The van der Waals surface area contributed by atoms with E-state index in [-0.39, 0.29) is 0 Å². The van der Waals surface area contributed by atoms with Crippen LogP contribution in [0, 0.1) is 6.92 Å². The van der Waals surface area contributed by atoms with E-state index < -0.39 is 0 Å². The molecular weight excluding hydrogens is 280 g/mol. The highest BCUT2D eigenvalue weighted by Gasteiger charge is 2.06. The van der Waals surface area contributed by atoms with Gasteiger partial charge in [-0.3, -0.25) is 0 Å². The molecule has 1 N–H and O–H groups in total. The van der Waals surface area contributed by atoms with Crippen LogP contribution in [0.15, 0.2) is 42.5 Å². The Hall–Kier alpha value is -1.51. The molecule has 0 aromatic heterocycles. The fraction of sp³-hybridized carbons (Fsp3) is 0.333. The quantitative estimate of drug-likeness (QED) is 0.851. The molecule has 0 aliphatic rings. The number of hydrogen-bond donors (Lipinski definition) is 1. The number of benzene rings is 2. The summed E-state index contributed by atoms with van der Waals surface area (Å²) < 4.78 is 0. The largest absolute Gasteiger partial charge is 0.370 e. The minimum atomic E-state index is 0.783. The third kappa shape index (κ3) is 4.48. The summed E-state index contributed by atoms with van der Waals surface area (Å²) in [4.78, 5) is 2.27. The van der Waals surface area contributed by atoms with Gasteiger partial charge in [0.25, 0.3) is 0 Å². The summed E-state index contributed by atoms with van der Waals surface area (Å²) in [5.41, 5.74) is 5.17. The molecule has 0 amide bonds. The minimum Gasteiger partial charge on any atom is -0.370 e. The normalized spacial score (nSPS) is 10.7. The van der Waals surface area contributed by atoms with Crippen molar-refractivity contribution in [2.45, 2.75) is 26.9 Å². The molecular formula is C18H23ClN2. The molecule has 0 fully saturated rings. The van der Waals surface area contributed by atoms with Crippen molar-refractivity contribution in [3.05, 3.63) is 64.2 Å². The van der Waals surface area contributed by atoms with Gasteiger partial charge in [-0.05, 0) is 48.4 Å². The van der Waals surface area contributed by atoms with Crippen molar-refractivity contribution in [2.75, 3.05) is 18.5 Å². The molecule has 112 valence electrons. The molecule has 0 saturated carbocycles. The predicted molar refractivity (Wildman–Crippen MR) is 92.1 cm³/mol. The van der Waals surface area contributed by atoms with Gasteiger partial charge in [0.05, 0.1) is 0 Å². The molecule has 0 unspecified atom stereocenters. The molecule has 0 aliphatic carbocycles. The molecule has 2 aromatic carbocycles. The second-order valence-electron chi connectivity index (χ2n) is 5.38. The Morgan fingerprint density at radius 3 is 2.33 bits per heavy atom. The number of hydrogen-bond acceptors (Lipinski definition) is 2. The number of halogens is 1. The van der Waals surface area contributed by atoms with E-state index in [4.69, 9.17) is 11.6 Å². The maximum Gasteiger partial charge on any atom is 0.0426 e. The average Bonchev–Trinajstić information content (AvgIpc) is 2.47. The molecule has 0 spiro atoms. The molecule has 0 saturated heterocycles. The average molecular weight is 303 g/mol. The Labute approximate surface area is 132 Å². The minimum absolute atomic E-state index is 0.783. The lowest BCUT2D eigenvalue weighted by Crippen LogP contribution is -2.18. The van der Waals surface area contributed by atoms with Gasteiger partial charge < -0.3 is 10.2 Å². The van der Waals surface area contributed by atoms with Crippen LogP contribution in [0.5, 0.6) is 0 Å². The lowest BCUT2D eigenvalue weighted by molar-refractivity contribution is 0.726. The van der Waals surface area contributed by atoms with E-state index in [0.717, 1.165) is 24.7 Å². The summed E-state index contributed by atoms with van der Waals surface area (Å²) in [6.45, 7) is 7.10. The number of rotatable bonds is 6. The third-order valence-corrected chi connectivity index (χ3v) is 3.84. The van der Waals surface area contributed by atoms with Crippen molar-refractivity contribution >= 4 is 17.3 Å². The predicted octanol–water partition coefficient (Wildman–Crippen LogP) is 4.39. The second kappa shape index (κ2) is 7.48. The highest BCUT2D eigenvalue weighted by molar-refractivity contribution is 6.30. The van der Waals surface area contributed by atoms with Gasteiger partial charge in [0, 0.05) is 30.8 Å². The number of nitrogens with zero attached hydrogens (tertiary/aromatic N) is 1. The van der Waals surface area contributed by atoms with Gasteiger partial charge in [-0.15, -0.1) is 0 Å². The molecule has 2 aromatic rings. The van der Waals surface area contributed by atoms with E-state index in [0.29, 0.717) is 0 Å². The van der Waals surface area contributed by atoms with Crippen LogP contribution in [0.2, 0.25) is 5.02 Å². The van der Waals surface area contributed by atoms with Crippen LogP contribution in [0.25, 0.3) is 0 Å². The standard InChI is InChI=1S/C18H23ClN2/c1-4-20-12-16-7-10-18(14(2)11-16)21(3)13-15-5-8-17(19)9-6-15/h5-11,20H,4,12-13H2,1-3H3. The first kappa shape index (κ1) is 15.9. The molecule has 21 heavy (non-hydrogen) atoms. The van der Waals surface area contributed by atoms with Gasteiger partial charge in [-0.2, -0.15) is 0 Å². The Morgan fingerprint density at radius 1 is 1.05 bits per heavy atom. The van der Waals surface area contributed by atoms with Gasteiger partial charge in [0.2, 0.25) is 0 Å². The van der Waals surface area contributed by atoms with Crippen LogP contribution in [0.4, 0.5) is 5.69 Å². The van der Waals surface area contributed by atoms with E-state index in [1.165, 1.54) is 22.4 Å². The molecule has 0 atom stereocenters. The van der Waals surface area contributed by atoms with E-state index in [1.807, 2.05) is 12.1 Å². The van der Waals surface area contributed by atoms with E-state index >= 15 is 0 Å². The molecule has 0 bridgehead atoms. The van der Waals surface area contributed by atoms with Gasteiger partial charge in [0.1, 0.15) is 0 Å². The molecule has 0 heterocycles. The Kier molecular flexibility index (Phi) is 5.66. The van der Waals surface area contributed by atoms with Crippen molar-refractivity contribution in [3.8, 4) is 0 Å². The fourth-order valence-corrected chi connectivity index (χ4v) is 2.60. The lowest BCUT2D eigenvalue weighted by Gasteiger charge is -2.22. The first-order valence-electron chi connectivity index (χ1n) is 7.36. The SMILES string of the molecule is CCNCc1ccc(N(C)Cc2ccc(Cl)cc2)c(C)c1. The summed E-state index contributed by atoms with van der Waals surface area (Å²) >= 11 is 5.93. The maximum absolute atomic E-state index is 5.93. The van der Waals surface area contributed by atoms with Gasteiger partial charge >= 0.3 is 0 Å². The van der Waals surface area contributed by atoms with E-state index in [1.54, 1.807) is 0 Å². The summed E-state index contributed by atoms with van der Waals surface area (Å²) in [6.07, 6.45) is 0. The maximum atomic E-state index is 5.93. The molecule has 2 nitrogen and oxygen atoms in total. The van der Waals surface area contributed by atoms with Crippen LogP contribution in [0.3, 0.4) is 0 Å². The zero-order chi connectivity index (χ0) is 15.2. The van der Waals surface area contributed by atoms with Gasteiger partial charge in [-0.25, -0.2) is 0 Å². The second-order valence-corrected chi connectivity index (χ2v) is 5.82. The van der Waals surface area contributed by atoms with Crippen LogP contribution in [-0.4, -0.2) is 13.6 Å². The number of nitrogens with one attached hydrogen (secondary N) is 1. The molecule has 2 rings (SSSR count). The van der Waals surface area contributed by atoms with E-state index in [2.05, 4.69) is 61.4 Å². The van der Waals surface area contributed by atoms with Gasteiger partial charge in [0.15, 0.2) is 0 Å². The van der Waals surface area contributed by atoms with Crippen molar-refractivity contribution in [1.82, 2.24) is 5.32 Å². The van der Waals surface area contributed by atoms with Crippen molar-refractivity contribution in [1.29, 1.82) is 0 Å². The zero-order valence-electron chi connectivity index (χ0n) is 13.0. The Bertz CT molecular complexity index is 578. The van der Waals surface area contributed by atoms with Crippen molar-refractivity contribution < 1.29 is 0 Å². The molecule has 0 aliphatic heterocycles. The molecule has 0 radical (unpaired) electrons. The van der Waals surface area contributed by atoms with Crippen molar-refractivity contribution in [2.24, 2.45) is 0 Å². The van der Waals surface area contributed by atoms with Crippen LogP contribution in [-0.2, 0) is 13.1 Å². The Balaban J connectivity index is 2.08. The highest BCUT2D eigenvalue weighted by Crippen LogP contribution is 2.22. The van der Waals surface area contributed by atoms with Crippen molar-refractivity contribution in [3.63, 3.8) is 0 Å². The topological polar surface area (TPSA) is 15.3 Å². The summed E-state index contributed by atoms with van der Waals surface area (Å²) in [7, 11) is 2.13. The Morgan fingerprint density at radius 2 is 1.71 bits per heavy atom. The monoisotopic (exact) mass is 302 g/mol. The zero-order valence-corrected chi connectivity index (χ0v) is 13.7.